The molecule has 0 aromatic heterocycles. The fourth-order valence-electron chi connectivity index (χ4n) is 2.64. The average Bonchev–Trinajstić information content (AvgIpc) is 2.74. The standard InChI is InChI=1S/C21H30N2O7/c1-14(2)12-17(20(26)29-4)22-19(25)16(10-11-18(24)28-3)23-21(27)30-13-15-8-6-5-7-9-15/h5-9,14,16-17H,10-13H2,1-4H3,(H,22,25)(H,23,27)/t16-,17+/m0/s1. The number of esters is 2. The van der Waals surface area contributed by atoms with Crippen molar-refractivity contribution in [2.24, 2.45) is 5.92 Å². The van der Waals surface area contributed by atoms with Gasteiger partial charge in [0.05, 0.1) is 14.2 Å². The molecule has 0 spiro atoms. The van der Waals surface area contributed by atoms with Gasteiger partial charge in [-0.05, 0) is 24.3 Å². The molecule has 2 N–H and O–H groups in total. The lowest BCUT2D eigenvalue weighted by molar-refractivity contribution is -0.146. The van der Waals surface area contributed by atoms with Gasteiger partial charge in [-0.2, -0.15) is 0 Å². The van der Waals surface area contributed by atoms with Crippen LogP contribution in [0.1, 0.15) is 38.7 Å². The predicted molar refractivity (Wildman–Crippen MR) is 108 cm³/mol. The summed E-state index contributed by atoms with van der Waals surface area (Å²) in [5.74, 6) is -1.62. The third kappa shape index (κ3) is 9.40. The number of amides is 2. The molecule has 0 fully saturated rings. The Balaban J connectivity index is 2.78. The highest BCUT2D eigenvalue weighted by atomic mass is 16.5. The van der Waals surface area contributed by atoms with Gasteiger partial charge in [-0.3, -0.25) is 9.59 Å². The maximum Gasteiger partial charge on any atom is 0.408 e. The number of benzene rings is 1. The molecular formula is C21H30N2O7. The number of ether oxygens (including phenoxy) is 3. The van der Waals surface area contributed by atoms with Crippen molar-refractivity contribution in [2.45, 2.75) is 51.8 Å². The van der Waals surface area contributed by atoms with Crippen molar-refractivity contribution in [1.82, 2.24) is 10.6 Å². The highest BCUT2D eigenvalue weighted by Gasteiger charge is 2.28. The third-order valence-electron chi connectivity index (χ3n) is 4.20. The Morgan fingerprint density at radius 2 is 1.60 bits per heavy atom. The molecule has 0 unspecified atom stereocenters. The summed E-state index contributed by atoms with van der Waals surface area (Å²) in [6, 6.07) is 7.09. The molecule has 0 aliphatic carbocycles. The van der Waals surface area contributed by atoms with Crippen molar-refractivity contribution < 1.29 is 33.4 Å². The first kappa shape index (κ1) is 24.9. The number of carbonyl (C=O) groups excluding carboxylic acids is 4. The minimum absolute atomic E-state index is 0.0193. The lowest BCUT2D eigenvalue weighted by Gasteiger charge is -2.23. The van der Waals surface area contributed by atoms with Gasteiger partial charge in [-0.25, -0.2) is 9.59 Å². The van der Waals surface area contributed by atoms with E-state index < -0.39 is 36.0 Å². The van der Waals surface area contributed by atoms with Crippen molar-refractivity contribution in [2.75, 3.05) is 14.2 Å². The van der Waals surface area contributed by atoms with Gasteiger partial charge in [0, 0.05) is 6.42 Å². The fraction of sp³-hybridized carbons (Fsp3) is 0.524. The maximum absolute atomic E-state index is 12.7. The summed E-state index contributed by atoms with van der Waals surface area (Å²) in [6.07, 6.45) is -0.572. The van der Waals surface area contributed by atoms with E-state index in [-0.39, 0.29) is 25.4 Å². The van der Waals surface area contributed by atoms with Gasteiger partial charge < -0.3 is 24.8 Å². The van der Waals surface area contributed by atoms with Crippen LogP contribution in [0.5, 0.6) is 0 Å². The number of carbonyl (C=O) groups is 4. The van der Waals surface area contributed by atoms with E-state index in [4.69, 9.17) is 9.47 Å². The van der Waals surface area contributed by atoms with Crippen LogP contribution in [0, 0.1) is 5.92 Å². The third-order valence-corrected chi connectivity index (χ3v) is 4.20. The molecule has 30 heavy (non-hydrogen) atoms. The molecular weight excluding hydrogens is 392 g/mol. The van der Waals surface area contributed by atoms with Crippen LogP contribution in [0.3, 0.4) is 0 Å². The summed E-state index contributed by atoms with van der Waals surface area (Å²) in [6.45, 7) is 3.82. The van der Waals surface area contributed by atoms with E-state index >= 15 is 0 Å². The number of nitrogens with one attached hydrogen (secondary N) is 2. The van der Waals surface area contributed by atoms with Crippen LogP contribution in [0.4, 0.5) is 4.79 Å². The molecule has 1 aromatic carbocycles. The molecule has 0 aliphatic heterocycles. The Bertz CT molecular complexity index is 707. The van der Waals surface area contributed by atoms with E-state index in [9.17, 15) is 19.2 Å². The van der Waals surface area contributed by atoms with Crippen LogP contribution in [-0.4, -0.2) is 50.2 Å². The van der Waals surface area contributed by atoms with E-state index in [1.807, 2.05) is 32.0 Å². The number of alkyl carbamates (subject to hydrolysis) is 1. The molecule has 0 saturated heterocycles. The monoisotopic (exact) mass is 422 g/mol. The minimum Gasteiger partial charge on any atom is -0.469 e. The van der Waals surface area contributed by atoms with E-state index in [1.54, 1.807) is 12.1 Å². The fourth-order valence-corrected chi connectivity index (χ4v) is 2.64. The van der Waals surface area contributed by atoms with Crippen molar-refractivity contribution in [3.05, 3.63) is 35.9 Å². The Morgan fingerprint density at radius 3 is 2.17 bits per heavy atom. The van der Waals surface area contributed by atoms with Crippen LogP contribution in [-0.2, 0) is 35.2 Å². The minimum atomic E-state index is -1.09. The second-order valence-corrected chi connectivity index (χ2v) is 7.09. The lowest BCUT2D eigenvalue weighted by atomic mass is 10.0. The zero-order valence-electron chi connectivity index (χ0n) is 17.8. The first-order valence-corrected chi connectivity index (χ1v) is 9.69. The first-order chi connectivity index (χ1) is 14.3. The highest BCUT2D eigenvalue weighted by molar-refractivity contribution is 5.90. The van der Waals surface area contributed by atoms with Crippen molar-refractivity contribution in [3.63, 3.8) is 0 Å². The van der Waals surface area contributed by atoms with Crippen LogP contribution in [0.2, 0.25) is 0 Å². The van der Waals surface area contributed by atoms with Crippen LogP contribution < -0.4 is 10.6 Å². The molecule has 2 amide bonds. The largest absolute Gasteiger partial charge is 0.469 e. The van der Waals surface area contributed by atoms with Crippen molar-refractivity contribution >= 4 is 23.9 Å². The average molecular weight is 422 g/mol. The molecule has 0 heterocycles. The van der Waals surface area contributed by atoms with Gasteiger partial charge in [0.2, 0.25) is 5.91 Å². The summed E-state index contributed by atoms with van der Waals surface area (Å²) < 4.78 is 14.5. The lowest BCUT2D eigenvalue weighted by Crippen LogP contribution is -2.52. The van der Waals surface area contributed by atoms with Crippen LogP contribution in [0.15, 0.2) is 30.3 Å². The Morgan fingerprint density at radius 1 is 0.933 bits per heavy atom. The summed E-state index contributed by atoms with van der Waals surface area (Å²) in [7, 11) is 2.46. The smallest absolute Gasteiger partial charge is 0.408 e. The summed E-state index contributed by atoms with van der Waals surface area (Å²) in [4.78, 5) is 48.4. The molecule has 0 radical (unpaired) electrons. The molecule has 2 atom stereocenters. The molecule has 1 rings (SSSR count). The maximum atomic E-state index is 12.7. The van der Waals surface area contributed by atoms with Gasteiger partial charge >= 0.3 is 18.0 Å². The molecule has 0 aliphatic rings. The van der Waals surface area contributed by atoms with Gasteiger partial charge in [-0.15, -0.1) is 0 Å². The Labute approximate surface area is 176 Å². The van der Waals surface area contributed by atoms with Crippen molar-refractivity contribution in [3.8, 4) is 0 Å². The van der Waals surface area contributed by atoms with Gasteiger partial charge in [-0.1, -0.05) is 44.2 Å². The molecule has 0 bridgehead atoms. The Hall–Kier alpha value is -3.10. The molecule has 9 nitrogen and oxygen atoms in total. The van der Waals surface area contributed by atoms with Crippen LogP contribution >= 0.6 is 0 Å². The summed E-state index contributed by atoms with van der Waals surface area (Å²) in [5.41, 5.74) is 0.783. The second kappa shape index (κ2) is 13.2. The summed E-state index contributed by atoms with van der Waals surface area (Å²) >= 11 is 0. The second-order valence-electron chi connectivity index (χ2n) is 7.09. The van der Waals surface area contributed by atoms with Gasteiger partial charge in [0.15, 0.2) is 0 Å². The molecule has 0 saturated carbocycles. The van der Waals surface area contributed by atoms with E-state index in [2.05, 4.69) is 15.4 Å². The van der Waals surface area contributed by atoms with Crippen LogP contribution in [0.25, 0.3) is 0 Å². The normalized spacial score (nSPS) is 12.4. The van der Waals surface area contributed by atoms with E-state index in [1.165, 1.54) is 14.2 Å². The first-order valence-electron chi connectivity index (χ1n) is 9.69. The topological polar surface area (TPSA) is 120 Å². The van der Waals surface area contributed by atoms with Crippen molar-refractivity contribution in [1.29, 1.82) is 0 Å². The highest BCUT2D eigenvalue weighted by Crippen LogP contribution is 2.09. The SMILES string of the molecule is COC(=O)CC[C@H](NC(=O)OCc1ccccc1)C(=O)N[C@H](CC(C)C)C(=O)OC. The van der Waals surface area contributed by atoms with E-state index in [0.29, 0.717) is 6.42 Å². The van der Waals surface area contributed by atoms with Gasteiger partial charge in [0.1, 0.15) is 18.7 Å². The van der Waals surface area contributed by atoms with Gasteiger partial charge in [0.25, 0.3) is 0 Å². The molecule has 1 aromatic rings. The molecule has 166 valence electrons. The predicted octanol–water partition coefficient (Wildman–Crippen LogP) is 1.94. The number of rotatable bonds is 11. The quantitative estimate of drug-likeness (QED) is 0.413. The molecule has 9 heteroatoms. The number of hydrogen-bond donors (Lipinski definition) is 2. The zero-order chi connectivity index (χ0) is 22.5. The summed E-state index contributed by atoms with van der Waals surface area (Å²) in [5, 5.41) is 5.03. The Kier molecular flexibility index (Phi) is 11.0. The number of hydrogen-bond acceptors (Lipinski definition) is 7. The zero-order valence-corrected chi connectivity index (χ0v) is 17.8. The number of methoxy groups -OCH3 is 2. The van der Waals surface area contributed by atoms with E-state index in [0.717, 1.165) is 5.56 Å².